The van der Waals surface area contributed by atoms with E-state index in [9.17, 15) is 9.59 Å². The molecule has 0 atom stereocenters. The predicted octanol–water partition coefficient (Wildman–Crippen LogP) is 2.73. The Morgan fingerprint density at radius 3 is 2.50 bits per heavy atom. The van der Waals surface area contributed by atoms with Crippen LogP contribution in [0.2, 0.25) is 0 Å². The summed E-state index contributed by atoms with van der Waals surface area (Å²) in [6.07, 6.45) is 4.01. The van der Waals surface area contributed by atoms with Crippen molar-refractivity contribution in [1.82, 2.24) is 9.88 Å². The highest BCUT2D eigenvalue weighted by Crippen LogP contribution is 2.13. The molecule has 0 unspecified atom stereocenters. The summed E-state index contributed by atoms with van der Waals surface area (Å²) in [5.74, 6) is 0.344. The summed E-state index contributed by atoms with van der Waals surface area (Å²) < 4.78 is 10.1. The first kappa shape index (κ1) is 19.4. The zero-order valence-electron chi connectivity index (χ0n) is 15.2. The number of hydrogen-bond acceptors (Lipinski definition) is 5. The maximum absolute atomic E-state index is 12.8. The quantitative estimate of drug-likeness (QED) is 0.646. The molecular weight excluding hydrogens is 332 g/mol. The van der Waals surface area contributed by atoms with Crippen LogP contribution in [0.25, 0.3) is 0 Å². The summed E-state index contributed by atoms with van der Waals surface area (Å²) in [7, 11) is 1.62. The summed E-state index contributed by atoms with van der Waals surface area (Å²) in [4.78, 5) is 30.1. The molecule has 2 rings (SSSR count). The van der Waals surface area contributed by atoms with Gasteiger partial charge in [0.05, 0.1) is 25.7 Å². The zero-order chi connectivity index (χ0) is 18.8. The van der Waals surface area contributed by atoms with Crippen molar-refractivity contribution in [1.29, 1.82) is 0 Å². The third-order valence-corrected chi connectivity index (χ3v) is 3.92. The minimum absolute atomic E-state index is 0.143. The van der Waals surface area contributed by atoms with Gasteiger partial charge in [-0.05, 0) is 43.2 Å². The standard InChI is InChI=1S/C20H24N2O4/c1-3-26-19(23)11-14-22(20(24)17-5-4-12-21-15-17)13-10-16-6-8-18(25-2)9-7-16/h4-9,12,15H,3,10-11,13-14H2,1-2H3. The number of carbonyl (C=O) groups is 2. The van der Waals surface area contributed by atoms with Crippen LogP contribution in [0.5, 0.6) is 5.75 Å². The van der Waals surface area contributed by atoms with Crippen LogP contribution < -0.4 is 4.74 Å². The number of ether oxygens (including phenoxy) is 2. The smallest absolute Gasteiger partial charge is 0.307 e. The first-order chi connectivity index (χ1) is 12.6. The first-order valence-electron chi connectivity index (χ1n) is 8.62. The number of esters is 1. The van der Waals surface area contributed by atoms with E-state index in [-0.39, 0.29) is 18.3 Å². The molecule has 0 aliphatic heterocycles. The Bertz CT molecular complexity index is 702. The predicted molar refractivity (Wildman–Crippen MR) is 98.1 cm³/mol. The number of nitrogens with zero attached hydrogens (tertiary/aromatic N) is 2. The Labute approximate surface area is 153 Å². The number of benzene rings is 1. The molecule has 26 heavy (non-hydrogen) atoms. The Kier molecular flexibility index (Phi) is 7.61. The molecule has 1 aromatic carbocycles. The molecule has 138 valence electrons. The lowest BCUT2D eigenvalue weighted by Gasteiger charge is -2.22. The van der Waals surface area contributed by atoms with Gasteiger partial charge in [0.15, 0.2) is 0 Å². The molecule has 0 N–H and O–H groups in total. The van der Waals surface area contributed by atoms with Crippen molar-refractivity contribution in [2.75, 3.05) is 26.8 Å². The summed E-state index contributed by atoms with van der Waals surface area (Å²) in [6, 6.07) is 11.2. The van der Waals surface area contributed by atoms with Gasteiger partial charge in [0.25, 0.3) is 5.91 Å². The molecule has 0 saturated carbocycles. The van der Waals surface area contributed by atoms with Gasteiger partial charge in [0, 0.05) is 25.5 Å². The first-order valence-corrected chi connectivity index (χ1v) is 8.62. The Hall–Kier alpha value is -2.89. The van der Waals surface area contributed by atoms with Gasteiger partial charge in [-0.2, -0.15) is 0 Å². The average Bonchev–Trinajstić information content (AvgIpc) is 2.69. The highest BCUT2D eigenvalue weighted by atomic mass is 16.5. The van der Waals surface area contributed by atoms with E-state index in [1.54, 1.807) is 37.3 Å². The van der Waals surface area contributed by atoms with E-state index >= 15 is 0 Å². The van der Waals surface area contributed by atoms with Gasteiger partial charge in [0.1, 0.15) is 5.75 Å². The number of hydrogen-bond donors (Lipinski definition) is 0. The van der Waals surface area contributed by atoms with Crippen molar-refractivity contribution < 1.29 is 19.1 Å². The van der Waals surface area contributed by atoms with Crippen LogP contribution in [0.4, 0.5) is 0 Å². The van der Waals surface area contributed by atoms with Crippen molar-refractivity contribution in [3.8, 4) is 5.75 Å². The number of aromatic nitrogens is 1. The maximum atomic E-state index is 12.8. The highest BCUT2D eigenvalue weighted by molar-refractivity contribution is 5.94. The van der Waals surface area contributed by atoms with Crippen molar-refractivity contribution in [2.24, 2.45) is 0 Å². The van der Waals surface area contributed by atoms with Crippen LogP contribution in [-0.4, -0.2) is 48.6 Å². The SMILES string of the molecule is CCOC(=O)CCN(CCc1ccc(OC)cc1)C(=O)c1cccnc1. The summed E-state index contributed by atoms with van der Waals surface area (Å²) in [6.45, 7) is 2.91. The van der Waals surface area contributed by atoms with Crippen molar-refractivity contribution in [3.63, 3.8) is 0 Å². The van der Waals surface area contributed by atoms with Crippen LogP contribution in [0, 0.1) is 0 Å². The molecule has 1 aromatic heterocycles. The Morgan fingerprint density at radius 2 is 1.88 bits per heavy atom. The number of pyridine rings is 1. The van der Waals surface area contributed by atoms with Crippen molar-refractivity contribution in [2.45, 2.75) is 19.8 Å². The molecule has 0 radical (unpaired) electrons. The van der Waals surface area contributed by atoms with Gasteiger partial charge in [-0.1, -0.05) is 12.1 Å². The van der Waals surface area contributed by atoms with Gasteiger partial charge < -0.3 is 14.4 Å². The summed E-state index contributed by atoms with van der Waals surface area (Å²) in [5.41, 5.74) is 1.59. The lowest BCUT2D eigenvalue weighted by atomic mass is 10.1. The minimum atomic E-state index is -0.305. The van der Waals surface area contributed by atoms with Gasteiger partial charge in [0.2, 0.25) is 0 Å². The fraction of sp³-hybridized carbons (Fsp3) is 0.350. The third kappa shape index (κ3) is 5.88. The third-order valence-electron chi connectivity index (χ3n) is 3.92. The fourth-order valence-electron chi connectivity index (χ4n) is 2.50. The molecule has 2 aromatic rings. The normalized spacial score (nSPS) is 10.2. The molecule has 6 heteroatoms. The number of rotatable bonds is 9. The molecule has 1 amide bonds. The van der Waals surface area contributed by atoms with E-state index in [2.05, 4.69) is 4.98 Å². The second-order valence-corrected chi connectivity index (χ2v) is 5.69. The lowest BCUT2D eigenvalue weighted by molar-refractivity contribution is -0.143. The van der Waals surface area contributed by atoms with E-state index in [0.717, 1.165) is 11.3 Å². The minimum Gasteiger partial charge on any atom is -0.497 e. The van der Waals surface area contributed by atoms with Crippen LogP contribution in [0.15, 0.2) is 48.8 Å². The summed E-state index contributed by atoms with van der Waals surface area (Å²) >= 11 is 0. The molecule has 0 spiro atoms. The van der Waals surface area contributed by atoms with Gasteiger partial charge in [-0.3, -0.25) is 14.6 Å². The second-order valence-electron chi connectivity index (χ2n) is 5.69. The van der Waals surface area contributed by atoms with E-state index in [0.29, 0.717) is 31.7 Å². The van der Waals surface area contributed by atoms with Gasteiger partial charge >= 0.3 is 5.97 Å². The number of methoxy groups -OCH3 is 1. The van der Waals surface area contributed by atoms with E-state index < -0.39 is 0 Å². The van der Waals surface area contributed by atoms with Crippen LogP contribution in [-0.2, 0) is 16.0 Å². The topological polar surface area (TPSA) is 68.7 Å². The zero-order valence-corrected chi connectivity index (χ0v) is 15.2. The largest absolute Gasteiger partial charge is 0.497 e. The average molecular weight is 356 g/mol. The molecule has 0 saturated heterocycles. The van der Waals surface area contributed by atoms with Crippen molar-refractivity contribution in [3.05, 3.63) is 59.9 Å². The van der Waals surface area contributed by atoms with Gasteiger partial charge in [-0.25, -0.2) is 0 Å². The van der Waals surface area contributed by atoms with Crippen LogP contribution >= 0.6 is 0 Å². The summed E-state index contributed by atoms with van der Waals surface area (Å²) in [5, 5.41) is 0. The second kappa shape index (κ2) is 10.2. The monoisotopic (exact) mass is 356 g/mol. The Balaban J connectivity index is 2.03. The molecule has 1 heterocycles. The van der Waals surface area contributed by atoms with E-state index in [1.807, 2.05) is 24.3 Å². The number of carbonyl (C=O) groups excluding carboxylic acids is 2. The van der Waals surface area contributed by atoms with Crippen LogP contribution in [0.3, 0.4) is 0 Å². The molecule has 6 nitrogen and oxygen atoms in total. The Morgan fingerprint density at radius 1 is 1.12 bits per heavy atom. The lowest BCUT2D eigenvalue weighted by Crippen LogP contribution is -2.35. The molecular formula is C20H24N2O4. The van der Waals surface area contributed by atoms with Crippen LogP contribution in [0.1, 0.15) is 29.3 Å². The maximum Gasteiger partial charge on any atom is 0.307 e. The molecule has 0 aliphatic rings. The van der Waals surface area contributed by atoms with E-state index in [4.69, 9.17) is 9.47 Å². The van der Waals surface area contributed by atoms with Crippen molar-refractivity contribution >= 4 is 11.9 Å². The van der Waals surface area contributed by atoms with Gasteiger partial charge in [-0.15, -0.1) is 0 Å². The fourth-order valence-corrected chi connectivity index (χ4v) is 2.50. The number of amides is 1. The molecule has 0 aliphatic carbocycles. The van der Waals surface area contributed by atoms with E-state index in [1.165, 1.54) is 6.20 Å². The highest BCUT2D eigenvalue weighted by Gasteiger charge is 2.17. The molecule has 0 bridgehead atoms. The molecule has 0 fully saturated rings.